The Morgan fingerprint density at radius 3 is 1.14 bits per heavy atom. The molecule has 140 valence electrons. The van der Waals surface area contributed by atoms with Crippen molar-refractivity contribution >= 4 is 17.3 Å². The number of aryl methyl sites for hydroxylation is 3. The Hall–Kier alpha value is -3.46. The molecule has 0 atom stereocenters. The smallest absolute Gasteiger partial charge is 0.200 e. The van der Waals surface area contributed by atoms with Crippen LogP contribution in [0.2, 0.25) is 0 Å². The van der Waals surface area contributed by atoms with E-state index in [4.69, 9.17) is 0 Å². The zero-order valence-electron chi connectivity index (χ0n) is 16.2. The molecule has 3 heteroatoms. The van der Waals surface area contributed by atoms with E-state index in [9.17, 15) is 14.7 Å². The Bertz CT molecular complexity index is 979. The number of allylic oxidation sites excluding steroid dienone is 1. The number of ketones is 2. The first-order valence-corrected chi connectivity index (χ1v) is 9.10. The third-order valence-corrected chi connectivity index (χ3v) is 4.64. The highest BCUT2D eigenvalue weighted by Gasteiger charge is 2.26. The van der Waals surface area contributed by atoms with Gasteiger partial charge in [0.05, 0.1) is 0 Å². The summed E-state index contributed by atoms with van der Waals surface area (Å²) in [4.78, 5) is 26.4. The monoisotopic (exact) mass is 370 g/mol. The lowest BCUT2D eigenvalue weighted by Gasteiger charge is -2.11. The number of carbonyl (C=O) groups excluding carboxylic acids is 2. The summed E-state index contributed by atoms with van der Waals surface area (Å²) in [5, 5.41) is 10.9. The summed E-state index contributed by atoms with van der Waals surface area (Å²) in [6.07, 6.45) is 0. The molecule has 0 saturated carbocycles. The molecule has 28 heavy (non-hydrogen) atoms. The third-order valence-electron chi connectivity index (χ3n) is 4.64. The molecule has 0 unspecified atom stereocenters. The molecule has 3 nitrogen and oxygen atoms in total. The molecule has 0 radical (unpaired) electrons. The van der Waals surface area contributed by atoms with Crippen LogP contribution >= 0.6 is 0 Å². The highest BCUT2D eigenvalue weighted by atomic mass is 16.3. The minimum atomic E-state index is -0.497. The Morgan fingerprint density at radius 1 is 0.536 bits per heavy atom. The SMILES string of the molecule is Cc1ccc(C(=O)C(C(=O)c2ccc(C)cc2)=C(O)c2ccc(C)cc2)cc1. The molecule has 3 aromatic rings. The van der Waals surface area contributed by atoms with Crippen molar-refractivity contribution in [3.05, 3.63) is 112 Å². The number of hydrogen-bond donors (Lipinski definition) is 1. The van der Waals surface area contributed by atoms with Crippen LogP contribution in [0.1, 0.15) is 43.0 Å². The summed E-state index contributed by atoms with van der Waals surface area (Å²) < 4.78 is 0. The average molecular weight is 370 g/mol. The Labute approximate surface area is 165 Å². The van der Waals surface area contributed by atoms with Gasteiger partial charge in [0.15, 0.2) is 0 Å². The quantitative estimate of drug-likeness (QED) is 0.208. The molecule has 0 aromatic heterocycles. The molecule has 1 N–H and O–H groups in total. The van der Waals surface area contributed by atoms with Crippen molar-refractivity contribution < 1.29 is 14.7 Å². The van der Waals surface area contributed by atoms with Crippen LogP contribution in [0.15, 0.2) is 78.4 Å². The second-order valence-electron chi connectivity index (χ2n) is 6.98. The van der Waals surface area contributed by atoms with Crippen LogP contribution < -0.4 is 0 Å². The van der Waals surface area contributed by atoms with Gasteiger partial charge >= 0.3 is 0 Å². The first-order chi connectivity index (χ1) is 13.4. The maximum atomic E-state index is 13.2. The summed E-state index contributed by atoms with van der Waals surface area (Å²) in [7, 11) is 0. The summed E-state index contributed by atoms with van der Waals surface area (Å²) in [6.45, 7) is 5.78. The van der Waals surface area contributed by atoms with Gasteiger partial charge in [-0.3, -0.25) is 9.59 Å². The molecule has 0 aliphatic heterocycles. The van der Waals surface area contributed by atoms with Gasteiger partial charge in [-0.05, 0) is 20.8 Å². The number of aliphatic hydroxyl groups excluding tert-OH is 1. The zero-order chi connectivity index (χ0) is 20.3. The molecule has 0 bridgehead atoms. The zero-order valence-corrected chi connectivity index (χ0v) is 16.2. The first kappa shape index (κ1) is 19.3. The van der Waals surface area contributed by atoms with Crippen molar-refractivity contribution in [2.24, 2.45) is 0 Å². The van der Waals surface area contributed by atoms with Crippen LogP contribution in [0.25, 0.3) is 5.76 Å². The van der Waals surface area contributed by atoms with Crippen LogP contribution in [0.5, 0.6) is 0 Å². The summed E-state index contributed by atoms with van der Waals surface area (Å²) in [5.41, 5.74) is 3.97. The Balaban J connectivity index is 2.15. The predicted molar refractivity (Wildman–Crippen MR) is 112 cm³/mol. The minimum absolute atomic E-state index is 0.225. The Morgan fingerprint density at radius 2 is 0.821 bits per heavy atom. The molecule has 3 rings (SSSR count). The fraction of sp³-hybridized carbons (Fsp3) is 0.120. The normalized spacial score (nSPS) is 10.4. The first-order valence-electron chi connectivity index (χ1n) is 9.10. The van der Waals surface area contributed by atoms with Crippen molar-refractivity contribution in [3.8, 4) is 0 Å². The second kappa shape index (κ2) is 8.05. The average Bonchev–Trinajstić information content (AvgIpc) is 2.69. The summed E-state index contributed by atoms with van der Waals surface area (Å²) in [5.74, 6) is -1.30. The van der Waals surface area contributed by atoms with Crippen molar-refractivity contribution in [1.82, 2.24) is 0 Å². The lowest BCUT2D eigenvalue weighted by molar-refractivity contribution is 0.0961. The second-order valence-corrected chi connectivity index (χ2v) is 6.98. The van der Waals surface area contributed by atoms with Crippen molar-refractivity contribution in [2.75, 3.05) is 0 Å². The predicted octanol–water partition coefficient (Wildman–Crippen LogP) is 5.65. The van der Waals surface area contributed by atoms with Crippen molar-refractivity contribution in [3.63, 3.8) is 0 Å². The lowest BCUT2D eigenvalue weighted by atomic mass is 9.92. The maximum absolute atomic E-state index is 13.2. The molecule has 0 fully saturated rings. The van der Waals surface area contributed by atoms with Crippen LogP contribution in [-0.4, -0.2) is 16.7 Å². The van der Waals surface area contributed by atoms with Gasteiger partial charge in [-0.1, -0.05) is 89.5 Å². The van der Waals surface area contributed by atoms with Gasteiger partial charge in [0.1, 0.15) is 11.3 Å². The summed E-state index contributed by atoms with van der Waals surface area (Å²) >= 11 is 0. The molecule has 0 heterocycles. The largest absolute Gasteiger partial charge is 0.506 e. The van der Waals surface area contributed by atoms with Gasteiger partial charge in [-0.2, -0.15) is 0 Å². The van der Waals surface area contributed by atoms with E-state index in [2.05, 4.69) is 0 Å². The van der Waals surface area contributed by atoms with Crippen LogP contribution in [0.3, 0.4) is 0 Å². The number of aliphatic hydroxyl groups is 1. The topological polar surface area (TPSA) is 54.4 Å². The van der Waals surface area contributed by atoms with E-state index in [1.165, 1.54) is 0 Å². The van der Waals surface area contributed by atoms with Gasteiger partial charge in [0.25, 0.3) is 0 Å². The fourth-order valence-corrected chi connectivity index (χ4v) is 2.87. The highest BCUT2D eigenvalue weighted by molar-refractivity contribution is 6.34. The molecule has 0 spiro atoms. The minimum Gasteiger partial charge on any atom is -0.506 e. The number of Topliss-reactive ketones (excluding diaryl/α,β-unsaturated/α-hetero) is 2. The third kappa shape index (κ3) is 4.09. The number of rotatable bonds is 5. The number of carbonyl (C=O) groups is 2. The Kier molecular flexibility index (Phi) is 5.55. The molecule has 0 aliphatic rings. The van der Waals surface area contributed by atoms with E-state index in [0.717, 1.165) is 16.7 Å². The molecule has 0 aliphatic carbocycles. The number of hydrogen-bond acceptors (Lipinski definition) is 3. The summed E-state index contributed by atoms with van der Waals surface area (Å²) in [6, 6.07) is 21.0. The van der Waals surface area contributed by atoms with E-state index >= 15 is 0 Å². The van der Waals surface area contributed by atoms with Gasteiger partial charge in [-0.15, -0.1) is 0 Å². The fourth-order valence-electron chi connectivity index (χ4n) is 2.87. The van der Waals surface area contributed by atoms with Gasteiger partial charge < -0.3 is 5.11 Å². The standard InChI is InChI=1S/C25H22O3/c1-16-4-10-19(11-5-16)23(26)22(24(27)20-12-6-17(2)7-13-20)25(28)21-14-8-18(3)9-15-21/h4-15,26H,1-3H3. The van der Waals surface area contributed by atoms with Crippen LogP contribution in [0.4, 0.5) is 0 Å². The molecular formula is C25H22O3. The van der Waals surface area contributed by atoms with Gasteiger partial charge in [0, 0.05) is 16.7 Å². The van der Waals surface area contributed by atoms with E-state index in [1.807, 2.05) is 57.2 Å². The molecule has 3 aromatic carbocycles. The van der Waals surface area contributed by atoms with E-state index in [1.54, 1.807) is 36.4 Å². The van der Waals surface area contributed by atoms with E-state index < -0.39 is 11.6 Å². The molecule has 0 saturated heterocycles. The highest BCUT2D eigenvalue weighted by Crippen LogP contribution is 2.24. The van der Waals surface area contributed by atoms with Gasteiger partial charge in [-0.25, -0.2) is 0 Å². The van der Waals surface area contributed by atoms with Gasteiger partial charge in [0.2, 0.25) is 11.6 Å². The van der Waals surface area contributed by atoms with Crippen LogP contribution in [-0.2, 0) is 0 Å². The number of benzene rings is 3. The van der Waals surface area contributed by atoms with Crippen LogP contribution in [0, 0.1) is 20.8 Å². The maximum Gasteiger partial charge on any atom is 0.200 e. The van der Waals surface area contributed by atoms with Crippen molar-refractivity contribution in [2.45, 2.75) is 20.8 Å². The molecule has 0 amide bonds. The van der Waals surface area contributed by atoms with E-state index in [0.29, 0.717) is 16.7 Å². The lowest BCUT2D eigenvalue weighted by Crippen LogP contribution is -2.16. The van der Waals surface area contributed by atoms with E-state index in [-0.39, 0.29) is 11.3 Å². The van der Waals surface area contributed by atoms with Crippen molar-refractivity contribution in [1.29, 1.82) is 0 Å². The molecular weight excluding hydrogens is 348 g/mol.